The molecule has 0 fully saturated rings. The molecule has 2 atom stereocenters. The quantitative estimate of drug-likeness (QED) is 0.467. The summed E-state index contributed by atoms with van der Waals surface area (Å²) in [6.45, 7) is 7.77. The lowest BCUT2D eigenvalue weighted by Crippen LogP contribution is -2.44. The van der Waals surface area contributed by atoms with Crippen LogP contribution >= 0.6 is 0 Å². The van der Waals surface area contributed by atoms with Crippen molar-refractivity contribution in [1.82, 2.24) is 5.32 Å². The van der Waals surface area contributed by atoms with Crippen LogP contribution in [-0.2, 0) is 20.7 Å². The molecular weight excluding hydrogens is 434 g/mol. The highest BCUT2D eigenvalue weighted by atomic mass is 16.6. The number of para-hydroxylation sites is 1. The number of Topliss-reactive ketones (excluding diaryl/α,β-unsaturated/α-hetero) is 1. The van der Waals surface area contributed by atoms with Crippen LogP contribution in [0.3, 0.4) is 0 Å². The molecular formula is C27H35NO6. The van der Waals surface area contributed by atoms with Gasteiger partial charge in [-0.1, -0.05) is 37.3 Å². The minimum absolute atomic E-state index is 0.0398. The molecule has 0 aliphatic rings. The third kappa shape index (κ3) is 9.65. The van der Waals surface area contributed by atoms with Crippen molar-refractivity contribution in [2.75, 3.05) is 13.7 Å². The van der Waals surface area contributed by atoms with Gasteiger partial charge in [-0.15, -0.1) is 0 Å². The van der Waals surface area contributed by atoms with Crippen LogP contribution in [-0.4, -0.2) is 43.2 Å². The number of hydrogen-bond donors (Lipinski definition) is 1. The second kappa shape index (κ2) is 12.8. The van der Waals surface area contributed by atoms with Gasteiger partial charge in [0.2, 0.25) is 0 Å². The predicted molar refractivity (Wildman–Crippen MR) is 130 cm³/mol. The highest BCUT2D eigenvalue weighted by molar-refractivity contribution is 5.89. The molecule has 0 saturated heterocycles. The summed E-state index contributed by atoms with van der Waals surface area (Å²) < 4.78 is 16.0. The van der Waals surface area contributed by atoms with Gasteiger partial charge in [-0.3, -0.25) is 4.79 Å². The van der Waals surface area contributed by atoms with Crippen molar-refractivity contribution in [3.8, 4) is 5.75 Å². The number of rotatable bonds is 11. The number of ketones is 1. The van der Waals surface area contributed by atoms with Gasteiger partial charge in [-0.2, -0.15) is 0 Å². The molecule has 34 heavy (non-hydrogen) atoms. The lowest BCUT2D eigenvalue weighted by molar-refractivity contribution is -0.118. The molecule has 1 amide bonds. The van der Waals surface area contributed by atoms with E-state index < -0.39 is 17.7 Å². The van der Waals surface area contributed by atoms with Crippen LogP contribution in [0, 0.1) is 5.92 Å². The Bertz CT molecular complexity index is 934. The highest BCUT2D eigenvalue weighted by Crippen LogP contribution is 2.17. The Kier molecular flexibility index (Phi) is 10.1. The molecule has 1 N–H and O–H groups in total. The first kappa shape index (κ1) is 26.9. The number of ether oxygens (including phenoxy) is 3. The van der Waals surface area contributed by atoms with Gasteiger partial charge >= 0.3 is 12.1 Å². The van der Waals surface area contributed by atoms with Crippen molar-refractivity contribution in [3.05, 3.63) is 65.7 Å². The number of alkyl carbamates (subject to hydrolysis) is 1. The Morgan fingerprint density at radius 1 is 0.971 bits per heavy atom. The van der Waals surface area contributed by atoms with Crippen molar-refractivity contribution in [2.24, 2.45) is 5.92 Å². The third-order valence-corrected chi connectivity index (χ3v) is 5.16. The SMILES string of the molecule is COC(=O)c1ccc(CC(=O)CC[C@@H](NC(=O)OC(C)(C)C)[C@H](C)COc2ccccc2)cc1. The van der Waals surface area contributed by atoms with Crippen LogP contribution < -0.4 is 10.1 Å². The third-order valence-electron chi connectivity index (χ3n) is 5.16. The monoisotopic (exact) mass is 469 g/mol. The standard InChI is InChI=1S/C27H35NO6/c1-19(18-33-23-9-7-6-8-10-23)24(28-26(31)34-27(2,3)4)16-15-22(29)17-20-11-13-21(14-12-20)25(30)32-5/h6-14,19,24H,15-18H2,1-5H3,(H,28,31)/t19-,24-/m1/s1. The number of carbonyl (C=O) groups excluding carboxylic acids is 3. The van der Waals surface area contributed by atoms with Gasteiger partial charge in [0, 0.05) is 24.8 Å². The van der Waals surface area contributed by atoms with Crippen molar-refractivity contribution in [3.63, 3.8) is 0 Å². The number of esters is 1. The molecule has 2 rings (SSSR count). The van der Waals surface area contributed by atoms with E-state index in [-0.39, 0.29) is 30.6 Å². The molecule has 7 heteroatoms. The second-order valence-electron chi connectivity index (χ2n) is 9.30. The Labute approximate surface area is 201 Å². The summed E-state index contributed by atoms with van der Waals surface area (Å²) in [5, 5.41) is 2.91. The van der Waals surface area contributed by atoms with E-state index in [1.807, 2.05) is 37.3 Å². The van der Waals surface area contributed by atoms with Crippen molar-refractivity contribution in [1.29, 1.82) is 0 Å². The molecule has 0 saturated carbocycles. The molecule has 0 heterocycles. The van der Waals surface area contributed by atoms with Gasteiger partial charge in [0.1, 0.15) is 17.1 Å². The molecule has 0 unspecified atom stereocenters. The number of hydrogen-bond acceptors (Lipinski definition) is 6. The fourth-order valence-electron chi connectivity index (χ4n) is 3.33. The van der Waals surface area contributed by atoms with Crippen LogP contribution in [0.1, 0.15) is 56.5 Å². The van der Waals surface area contributed by atoms with E-state index in [2.05, 4.69) is 5.32 Å². The van der Waals surface area contributed by atoms with Crippen molar-refractivity contribution in [2.45, 2.75) is 58.6 Å². The molecule has 0 radical (unpaired) electrons. The molecule has 2 aromatic rings. The van der Waals surface area contributed by atoms with Crippen LogP contribution in [0.2, 0.25) is 0 Å². The maximum absolute atomic E-state index is 12.6. The van der Waals surface area contributed by atoms with Gasteiger partial charge < -0.3 is 19.5 Å². The number of benzene rings is 2. The van der Waals surface area contributed by atoms with E-state index in [1.165, 1.54) is 7.11 Å². The fourth-order valence-corrected chi connectivity index (χ4v) is 3.33. The lowest BCUT2D eigenvalue weighted by atomic mass is 9.95. The summed E-state index contributed by atoms with van der Waals surface area (Å²) in [5.74, 6) is 0.315. The Balaban J connectivity index is 1.96. The van der Waals surface area contributed by atoms with E-state index in [0.717, 1.165) is 11.3 Å². The zero-order valence-corrected chi connectivity index (χ0v) is 20.6. The van der Waals surface area contributed by atoms with E-state index in [4.69, 9.17) is 14.2 Å². The van der Waals surface area contributed by atoms with Crippen molar-refractivity contribution < 1.29 is 28.6 Å². The zero-order chi connectivity index (χ0) is 25.1. The summed E-state index contributed by atoms with van der Waals surface area (Å²) in [7, 11) is 1.33. The second-order valence-corrected chi connectivity index (χ2v) is 9.30. The Morgan fingerprint density at radius 2 is 1.62 bits per heavy atom. The van der Waals surface area contributed by atoms with Gasteiger partial charge in [0.15, 0.2) is 0 Å². The fraction of sp³-hybridized carbons (Fsp3) is 0.444. The highest BCUT2D eigenvalue weighted by Gasteiger charge is 2.24. The Hall–Kier alpha value is -3.35. The molecule has 0 spiro atoms. The molecule has 2 aromatic carbocycles. The van der Waals surface area contributed by atoms with E-state index >= 15 is 0 Å². The summed E-state index contributed by atoms with van der Waals surface area (Å²) >= 11 is 0. The number of amides is 1. The zero-order valence-electron chi connectivity index (χ0n) is 20.6. The van der Waals surface area contributed by atoms with Crippen LogP contribution in [0.5, 0.6) is 5.75 Å². The smallest absolute Gasteiger partial charge is 0.407 e. The average Bonchev–Trinajstić information content (AvgIpc) is 2.79. The molecule has 0 aliphatic heterocycles. The average molecular weight is 470 g/mol. The molecule has 184 valence electrons. The topological polar surface area (TPSA) is 90.9 Å². The normalized spacial score (nSPS) is 12.9. The summed E-state index contributed by atoms with van der Waals surface area (Å²) in [4.78, 5) is 36.6. The van der Waals surface area contributed by atoms with Gasteiger partial charge in [-0.25, -0.2) is 9.59 Å². The molecule has 7 nitrogen and oxygen atoms in total. The largest absolute Gasteiger partial charge is 0.493 e. The summed E-state index contributed by atoms with van der Waals surface area (Å²) in [6.07, 6.45) is 0.470. The van der Waals surface area contributed by atoms with Crippen LogP contribution in [0.25, 0.3) is 0 Å². The minimum atomic E-state index is -0.620. The van der Waals surface area contributed by atoms with E-state index in [9.17, 15) is 14.4 Å². The minimum Gasteiger partial charge on any atom is -0.493 e. The Morgan fingerprint density at radius 3 is 2.21 bits per heavy atom. The first-order valence-electron chi connectivity index (χ1n) is 11.4. The molecule has 0 aromatic heterocycles. The first-order chi connectivity index (χ1) is 16.1. The number of carbonyl (C=O) groups is 3. The predicted octanol–water partition coefficient (Wildman–Crippen LogP) is 4.97. The number of methoxy groups -OCH3 is 1. The van der Waals surface area contributed by atoms with Crippen LogP contribution in [0.4, 0.5) is 4.79 Å². The number of nitrogens with one attached hydrogen (secondary N) is 1. The maximum atomic E-state index is 12.6. The summed E-state index contributed by atoms with van der Waals surface area (Å²) in [5.41, 5.74) is 0.632. The maximum Gasteiger partial charge on any atom is 0.407 e. The molecule has 0 bridgehead atoms. The van der Waals surface area contributed by atoms with Gasteiger partial charge in [0.05, 0.1) is 19.3 Å². The van der Waals surface area contributed by atoms with Gasteiger partial charge in [-0.05, 0) is 57.0 Å². The summed E-state index contributed by atoms with van der Waals surface area (Å²) in [6, 6.07) is 15.9. The van der Waals surface area contributed by atoms with Gasteiger partial charge in [0.25, 0.3) is 0 Å². The van der Waals surface area contributed by atoms with Crippen LogP contribution in [0.15, 0.2) is 54.6 Å². The van der Waals surface area contributed by atoms with E-state index in [0.29, 0.717) is 18.6 Å². The first-order valence-corrected chi connectivity index (χ1v) is 11.4. The lowest BCUT2D eigenvalue weighted by Gasteiger charge is -2.27. The van der Waals surface area contributed by atoms with E-state index in [1.54, 1.807) is 45.0 Å². The van der Waals surface area contributed by atoms with Crippen molar-refractivity contribution >= 4 is 17.8 Å². The molecule has 0 aliphatic carbocycles.